The van der Waals surface area contributed by atoms with Crippen LogP contribution in [0.3, 0.4) is 0 Å². The number of amides is 1. The Morgan fingerprint density at radius 2 is 1.71 bits per heavy atom. The van der Waals surface area contributed by atoms with Crippen LogP contribution < -0.4 is 10.2 Å². The van der Waals surface area contributed by atoms with Gasteiger partial charge in [-0.15, -0.1) is 22.0 Å². The van der Waals surface area contributed by atoms with Crippen LogP contribution in [0.4, 0.5) is 11.6 Å². The number of thioether (sulfide) groups is 1. The first kappa shape index (κ1) is 20.1. The molecular weight excluding hydrogens is 408 g/mol. The van der Waals surface area contributed by atoms with Gasteiger partial charge in [0.1, 0.15) is 5.82 Å². The maximum absolute atomic E-state index is 12.6. The average Bonchev–Trinajstić information content (AvgIpc) is 3.15. The minimum Gasteiger partial charge on any atom is -0.355 e. The predicted octanol–water partition coefficient (Wildman–Crippen LogP) is 4.16. The molecule has 8 heteroatoms. The third kappa shape index (κ3) is 3.80. The first-order valence-corrected chi connectivity index (χ1v) is 12.0. The highest BCUT2D eigenvalue weighted by molar-refractivity contribution is 7.98. The Hall–Kier alpha value is -2.87. The van der Waals surface area contributed by atoms with Crippen LogP contribution in [0.5, 0.6) is 0 Å². The van der Waals surface area contributed by atoms with Crippen molar-refractivity contribution in [2.75, 3.05) is 29.6 Å². The molecule has 4 heterocycles. The molecule has 1 saturated heterocycles. The van der Waals surface area contributed by atoms with E-state index in [-0.39, 0.29) is 11.8 Å². The molecular formula is C23H26N6OS. The first-order chi connectivity index (χ1) is 15.1. The zero-order valence-corrected chi connectivity index (χ0v) is 18.7. The molecule has 2 aliphatic rings. The van der Waals surface area contributed by atoms with E-state index in [2.05, 4.69) is 50.9 Å². The molecule has 0 aliphatic carbocycles. The van der Waals surface area contributed by atoms with Gasteiger partial charge in [0.05, 0.1) is 5.69 Å². The van der Waals surface area contributed by atoms with Crippen molar-refractivity contribution in [3.63, 3.8) is 0 Å². The van der Waals surface area contributed by atoms with E-state index in [0.29, 0.717) is 18.1 Å². The highest BCUT2D eigenvalue weighted by atomic mass is 32.2. The molecule has 1 aromatic carbocycles. The van der Waals surface area contributed by atoms with Crippen molar-refractivity contribution in [1.29, 1.82) is 0 Å². The molecule has 0 spiro atoms. The summed E-state index contributed by atoms with van der Waals surface area (Å²) in [5.74, 6) is 2.19. The second-order valence-electron chi connectivity index (χ2n) is 8.13. The van der Waals surface area contributed by atoms with Gasteiger partial charge >= 0.3 is 0 Å². The molecule has 160 valence electrons. The molecule has 1 amide bonds. The SMILES string of the molecule is CSc1ccc(C2CC(=O)Nc3c2c(C)nn3-c2ccc(N3CCCCC3)nn2)cc1. The highest BCUT2D eigenvalue weighted by Gasteiger charge is 2.33. The van der Waals surface area contributed by atoms with E-state index in [1.807, 2.05) is 19.1 Å². The van der Waals surface area contributed by atoms with Crippen molar-refractivity contribution >= 4 is 29.3 Å². The maximum atomic E-state index is 12.6. The first-order valence-electron chi connectivity index (χ1n) is 10.8. The molecule has 2 aliphatic heterocycles. The summed E-state index contributed by atoms with van der Waals surface area (Å²) in [6.45, 7) is 4.04. The number of nitrogens with one attached hydrogen (secondary N) is 1. The standard InChI is InChI=1S/C23H26N6OS/c1-15-22-18(16-6-8-17(31-2)9-7-16)14-21(30)24-23(22)29(27-15)20-11-10-19(25-26-20)28-12-4-3-5-13-28/h6-11,18H,3-5,12-14H2,1-2H3,(H,24,30). The maximum Gasteiger partial charge on any atom is 0.226 e. The lowest BCUT2D eigenvalue weighted by atomic mass is 9.86. The van der Waals surface area contributed by atoms with Crippen LogP contribution in [0.2, 0.25) is 0 Å². The van der Waals surface area contributed by atoms with Gasteiger partial charge in [0.2, 0.25) is 5.91 Å². The number of nitrogens with zero attached hydrogens (tertiary/aromatic N) is 5. The number of hydrogen-bond acceptors (Lipinski definition) is 6. The molecule has 2 aromatic heterocycles. The number of aryl methyl sites for hydroxylation is 1. The van der Waals surface area contributed by atoms with Gasteiger partial charge in [-0.2, -0.15) is 9.78 Å². The molecule has 0 radical (unpaired) electrons. The average molecular weight is 435 g/mol. The van der Waals surface area contributed by atoms with Crippen molar-refractivity contribution in [2.45, 2.75) is 43.4 Å². The lowest BCUT2D eigenvalue weighted by Crippen LogP contribution is -2.30. The van der Waals surface area contributed by atoms with Gasteiger partial charge in [-0.25, -0.2) is 0 Å². The summed E-state index contributed by atoms with van der Waals surface area (Å²) >= 11 is 1.71. The zero-order chi connectivity index (χ0) is 21.4. The lowest BCUT2D eigenvalue weighted by molar-refractivity contribution is -0.116. The van der Waals surface area contributed by atoms with Gasteiger partial charge in [-0.05, 0) is 62.3 Å². The Kier molecular flexibility index (Phi) is 5.40. The predicted molar refractivity (Wildman–Crippen MR) is 123 cm³/mol. The van der Waals surface area contributed by atoms with Crippen molar-refractivity contribution in [3.8, 4) is 5.82 Å². The largest absolute Gasteiger partial charge is 0.355 e. The van der Waals surface area contributed by atoms with Crippen LogP contribution in [0, 0.1) is 6.92 Å². The minimum atomic E-state index is -0.0195. The van der Waals surface area contributed by atoms with Gasteiger partial charge < -0.3 is 10.2 Å². The Morgan fingerprint density at radius 3 is 2.39 bits per heavy atom. The van der Waals surface area contributed by atoms with Crippen molar-refractivity contribution in [1.82, 2.24) is 20.0 Å². The van der Waals surface area contributed by atoms with Crippen LogP contribution in [-0.4, -0.2) is 45.2 Å². The van der Waals surface area contributed by atoms with Crippen molar-refractivity contribution in [3.05, 3.63) is 53.2 Å². The monoisotopic (exact) mass is 434 g/mol. The van der Waals surface area contributed by atoms with Gasteiger partial charge in [0, 0.05) is 35.9 Å². The molecule has 0 saturated carbocycles. The highest BCUT2D eigenvalue weighted by Crippen LogP contribution is 2.40. The number of rotatable bonds is 4. The summed E-state index contributed by atoms with van der Waals surface area (Å²) in [4.78, 5) is 16.1. The van der Waals surface area contributed by atoms with E-state index in [4.69, 9.17) is 5.10 Å². The quantitative estimate of drug-likeness (QED) is 0.622. The van der Waals surface area contributed by atoms with Crippen molar-refractivity contribution in [2.24, 2.45) is 0 Å². The van der Waals surface area contributed by atoms with E-state index in [1.165, 1.54) is 24.2 Å². The third-order valence-corrected chi connectivity index (χ3v) is 6.90. The number of hydrogen-bond donors (Lipinski definition) is 1. The summed E-state index contributed by atoms with van der Waals surface area (Å²) in [5, 5.41) is 16.7. The fraction of sp³-hybridized carbons (Fsp3) is 0.391. The Labute approximate surface area is 186 Å². The summed E-state index contributed by atoms with van der Waals surface area (Å²) in [6, 6.07) is 12.4. The van der Waals surface area contributed by atoms with Gasteiger partial charge in [-0.3, -0.25) is 4.79 Å². The van der Waals surface area contributed by atoms with Crippen LogP contribution in [-0.2, 0) is 4.79 Å². The molecule has 0 bridgehead atoms. The Balaban J connectivity index is 1.50. The third-order valence-electron chi connectivity index (χ3n) is 6.15. The van der Waals surface area contributed by atoms with Crippen LogP contribution in [0.1, 0.15) is 48.4 Å². The number of benzene rings is 1. The molecule has 5 rings (SSSR count). The van der Waals surface area contributed by atoms with Crippen LogP contribution in [0.25, 0.3) is 5.82 Å². The van der Waals surface area contributed by atoms with E-state index in [0.717, 1.165) is 35.7 Å². The second kappa shape index (κ2) is 8.34. The number of anilines is 2. The van der Waals surface area contributed by atoms with Crippen LogP contribution in [0.15, 0.2) is 41.3 Å². The fourth-order valence-electron chi connectivity index (χ4n) is 4.56. The number of aromatic nitrogens is 4. The Bertz CT molecular complexity index is 1090. The van der Waals surface area contributed by atoms with E-state index in [9.17, 15) is 4.79 Å². The lowest BCUT2D eigenvalue weighted by Gasteiger charge is -2.27. The van der Waals surface area contributed by atoms with Gasteiger partial charge in [0.25, 0.3) is 0 Å². The summed E-state index contributed by atoms with van der Waals surface area (Å²) in [7, 11) is 0. The number of piperidine rings is 1. The molecule has 3 aromatic rings. The molecule has 1 unspecified atom stereocenters. The summed E-state index contributed by atoms with van der Waals surface area (Å²) in [5.41, 5.74) is 3.08. The molecule has 1 N–H and O–H groups in total. The van der Waals surface area contributed by atoms with Crippen LogP contribution >= 0.6 is 11.8 Å². The number of carbonyl (C=O) groups excluding carboxylic acids is 1. The zero-order valence-electron chi connectivity index (χ0n) is 17.8. The van der Waals surface area contributed by atoms with E-state index < -0.39 is 0 Å². The smallest absolute Gasteiger partial charge is 0.226 e. The summed E-state index contributed by atoms with van der Waals surface area (Å²) in [6.07, 6.45) is 6.15. The van der Waals surface area contributed by atoms with E-state index in [1.54, 1.807) is 16.4 Å². The molecule has 7 nitrogen and oxygen atoms in total. The summed E-state index contributed by atoms with van der Waals surface area (Å²) < 4.78 is 1.72. The van der Waals surface area contributed by atoms with E-state index >= 15 is 0 Å². The van der Waals surface area contributed by atoms with Gasteiger partial charge in [-0.1, -0.05) is 12.1 Å². The minimum absolute atomic E-state index is 0.00881. The topological polar surface area (TPSA) is 75.9 Å². The fourth-order valence-corrected chi connectivity index (χ4v) is 4.96. The number of carbonyl (C=O) groups is 1. The second-order valence-corrected chi connectivity index (χ2v) is 9.01. The van der Waals surface area contributed by atoms with Gasteiger partial charge in [0.15, 0.2) is 11.6 Å². The Morgan fingerprint density at radius 1 is 1.00 bits per heavy atom. The normalized spacial score (nSPS) is 18.6. The molecule has 1 fully saturated rings. The van der Waals surface area contributed by atoms with Crippen molar-refractivity contribution < 1.29 is 4.79 Å². The molecule has 1 atom stereocenters. The molecule has 31 heavy (non-hydrogen) atoms. The number of fused-ring (bicyclic) bond motifs is 1.